The Hall–Kier alpha value is -1.52. The van der Waals surface area contributed by atoms with Gasteiger partial charge in [-0.05, 0) is 76.6 Å². The summed E-state index contributed by atoms with van der Waals surface area (Å²) in [6.45, 7) is 0.426. The van der Waals surface area contributed by atoms with Crippen LogP contribution in [-0.2, 0) is 11.2 Å². The molecule has 4 rings (SSSR count). The van der Waals surface area contributed by atoms with Crippen LogP contribution in [0.4, 0.5) is 8.78 Å². The molecule has 0 saturated heterocycles. The molecule has 1 heterocycles. The molecular formula is C19H15F2IN2O2S. The number of carbonyl (C=O) groups is 1. The van der Waals surface area contributed by atoms with Crippen molar-refractivity contribution in [2.24, 2.45) is 5.92 Å². The first-order valence-corrected chi connectivity index (χ1v) is 10.4. The van der Waals surface area contributed by atoms with Gasteiger partial charge in [-0.15, -0.1) is 5.10 Å². The molecule has 27 heavy (non-hydrogen) atoms. The van der Waals surface area contributed by atoms with Crippen molar-refractivity contribution in [1.29, 1.82) is 0 Å². The van der Waals surface area contributed by atoms with Crippen molar-refractivity contribution < 1.29 is 18.3 Å². The molecule has 0 spiro atoms. The molecule has 0 unspecified atom stereocenters. The van der Waals surface area contributed by atoms with Crippen molar-refractivity contribution in [3.63, 3.8) is 0 Å². The number of aromatic nitrogens is 2. The van der Waals surface area contributed by atoms with Crippen LogP contribution in [0, 0.1) is 21.1 Å². The zero-order valence-corrected chi connectivity index (χ0v) is 17.1. The van der Waals surface area contributed by atoms with Gasteiger partial charge in [0.05, 0.1) is 11.3 Å². The fourth-order valence-corrected chi connectivity index (χ4v) is 3.93. The van der Waals surface area contributed by atoms with Crippen LogP contribution in [0.15, 0.2) is 24.3 Å². The minimum Gasteiger partial charge on any atom is -0.373 e. The van der Waals surface area contributed by atoms with E-state index < -0.39 is 11.6 Å². The fourth-order valence-electron chi connectivity index (χ4n) is 2.88. The van der Waals surface area contributed by atoms with E-state index >= 15 is 4.39 Å². The van der Waals surface area contributed by atoms with E-state index in [0.717, 1.165) is 27.9 Å². The molecule has 0 aliphatic heterocycles. The summed E-state index contributed by atoms with van der Waals surface area (Å²) < 4.78 is 39.8. The Bertz CT molecular complexity index is 1020. The lowest BCUT2D eigenvalue weighted by molar-refractivity contribution is 0.0739. The number of hydrogen-bond acceptors (Lipinski definition) is 5. The minimum atomic E-state index is -0.621. The molecule has 1 saturated carbocycles. The van der Waals surface area contributed by atoms with Crippen molar-refractivity contribution in [3.8, 4) is 0 Å². The summed E-state index contributed by atoms with van der Waals surface area (Å²) in [5, 5.41) is 3.81. The fraction of sp³-hybridized carbons (Fsp3) is 0.316. The van der Waals surface area contributed by atoms with Crippen LogP contribution in [0.25, 0.3) is 10.2 Å². The van der Waals surface area contributed by atoms with Crippen molar-refractivity contribution in [2.45, 2.75) is 19.3 Å². The predicted octanol–water partition coefficient (Wildman–Crippen LogP) is 4.77. The average molecular weight is 500 g/mol. The van der Waals surface area contributed by atoms with Crippen molar-refractivity contribution in [3.05, 3.63) is 56.2 Å². The van der Waals surface area contributed by atoms with Crippen LogP contribution >= 0.6 is 34.1 Å². The highest BCUT2D eigenvalue weighted by atomic mass is 127. The second-order valence-electron chi connectivity index (χ2n) is 6.63. The largest absolute Gasteiger partial charge is 0.373 e. The summed E-state index contributed by atoms with van der Waals surface area (Å²) in [6, 6.07) is 6.33. The molecule has 2 aromatic carbocycles. The highest BCUT2D eigenvalue weighted by Gasteiger charge is 2.24. The number of ketones is 1. The quantitative estimate of drug-likeness (QED) is 0.347. The first-order valence-electron chi connectivity index (χ1n) is 8.51. The Morgan fingerprint density at radius 3 is 2.85 bits per heavy atom. The first-order chi connectivity index (χ1) is 13.0. The summed E-state index contributed by atoms with van der Waals surface area (Å²) >= 11 is 3.03. The molecule has 1 aliphatic carbocycles. The standard InChI is InChI=1S/C19H15F2IN2O2S/c20-15-6-12(22)4-3-11(15)5-14-13(16(25)9-26-8-10-1-2-10)7-17-19(18(14)21)23-24-27-17/h3-4,6-7,10H,1-2,5,8-9H2. The van der Waals surface area contributed by atoms with E-state index in [2.05, 4.69) is 9.59 Å². The number of rotatable bonds is 7. The summed E-state index contributed by atoms with van der Waals surface area (Å²) in [5.41, 5.74) is 0.774. The second-order valence-corrected chi connectivity index (χ2v) is 8.66. The smallest absolute Gasteiger partial charge is 0.188 e. The van der Waals surface area contributed by atoms with E-state index in [4.69, 9.17) is 4.74 Å². The van der Waals surface area contributed by atoms with Crippen LogP contribution < -0.4 is 0 Å². The Morgan fingerprint density at radius 1 is 1.30 bits per heavy atom. The minimum absolute atomic E-state index is 0.0360. The third-order valence-corrected chi connectivity index (χ3v) is 5.90. The van der Waals surface area contributed by atoms with E-state index in [9.17, 15) is 9.18 Å². The Kier molecular flexibility index (Phi) is 5.47. The van der Waals surface area contributed by atoms with Gasteiger partial charge in [-0.25, -0.2) is 8.78 Å². The Morgan fingerprint density at radius 2 is 2.11 bits per heavy atom. The van der Waals surface area contributed by atoms with Crippen molar-refractivity contribution in [2.75, 3.05) is 13.2 Å². The summed E-state index contributed by atoms with van der Waals surface area (Å²) in [6.07, 6.45) is 2.21. The van der Waals surface area contributed by atoms with Crippen molar-refractivity contribution >= 4 is 50.1 Å². The number of hydrogen-bond donors (Lipinski definition) is 0. The molecule has 0 bridgehead atoms. The number of halogens is 3. The van der Waals surface area contributed by atoms with Gasteiger partial charge >= 0.3 is 0 Å². The van der Waals surface area contributed by atoms with Crippen molar-refractivity contribution in [1.82, 2.24) is 9.59 Å². The van der Waals surface area contributed by atoms with Gasteiger partial charge in [0.15, 0.2) is 11.6 Å². The van der Waals surface area contributed by atoms with Gasteiger partial charge in [0.25, 0.3) is 0 Å². The van der Waals surface area contributed by atoms with Crippen LogP contribution in [0.2, 0.25) is 0 Å². The molecule has 0 atom stereocenters. The number of benzene rings is 2. The van der Waals surface area contributed by atoms with Gasteiger partial charge in [-0.1, -0.05) is 10.6 Å². The molecule has 0 amide bonds. The number of carbonyl (C=O) groups excluding carboxylic acids is 1. The number of nitrogens with zero attached hydrogens (tertiary/aromatic N) is 2. The monoisotopic (exact) mass is 500 g/mol. The van der Waals surface area contributed by atoms with E-state index in [0.29, 0.717) is 22.8 Å². The zero-order valence-electron chi connectivity index (χ0n) is 14.2. The number of ether oxygens (including phenoxy) is 1. The van der Waals surface area contributed by atoms with Crippen LogP contribution in [-0.4, -0.2) is 28.6 Å². The predicted molar refractivity (Wildman–Crippen MR) is 107 cm³/mol. The van der Waals surface area contributed by atoms with Crippen LogP contribution in [0.3, 0.4) is 0 Å². The lowest BCUT2D eigenvalue weighted by Gasteiger charge is -2.12. The summed E-state index contributed by atoms with van der Waals surface area (Å²) in [4.78, 5) is 12.7. The topological polar surface area (TPSA) is 52.1 Å². The Labute approximate surface area is 172 Å². The van der Waals surface area contributed by atoms with Crippen LogP contribution in [0.1, 0.15) is 34.3 Å². The highest BCUT2D eigenvalue weighted by molar-refractivity contribution is 14.1. The molecule has 4 nitrogen and oxygen atoms in total. The van der Waals surface area contributed by atoms with Crippen LogP contribution in [0.5, 0.6) is 0 Å². The summed E-state index contributed by atoms with van der Waals surface area (Å²) in [7, 11) is 0. The van der Waals surface area contributed by atoms with Gasteiger partial charge < -0.3 is 4.74 Å². The molecular weight excluding hydrogens is 485 g/mol. The molecule has 1 fully saturated rings. The third-order valence-electron chi connectivity index (χ3n) is 4.55. The maximum Gasteiger partial charge on any atom is 0.188 e. The highest BCUT2D eigenvalue weighted by Crippen LogP contribution is 2.30. The van der Waals surface area contributed by atoms with Gasteiger partial charge in [-0.2, -0.15) is 0 Å². The number of Topliss-reactive ketones (excluding diaryl/α,β-unsaturated/α-hetero) is 1. The normalized spacial score (nSPS) is 14.0. The average Bonchev–Trinajstić information content (AvgIpc) is 3.33. The molecule has 3 aromatic rings. The molecule has 1 aliphatic rings. The first kappa shape index (κ1) is 18.8. The van der Waals surface area contributed by atoms with Gasteiger partial charge in [-0.3, -0.25) is 4.79 Å². The van der Waals surface area contributed by atoms with E-state index in [1.807, 2.05) is 22.6 Å². The maximum absolute atomic E-state index is 15.1. The van der Waals surface area contributed by atoms with E-state index in [1.54, 1.807) is 18.2 Å². The second kappa shape index (κ2) is 7.84. The molecule has 140 valence electrons. The zero-order chi connectivity index (χ0) is 19.0. The van der Waals surface area contributed by atoms with Gasteiger partial charge in [0, 0.05) is 21.1 Å². The number of fused-ring (bicyclic) bond motifs is 1. The molecule has 8 heteroatoms. The van der Waals surface area contributed by atoms with Gasteiger partial charge in [0.1, 0.15) is 17.9 Å². The lowest BCUT2D eigenvalue weighted by atomic mass is 9.96. The van der Waals surface area contributed by atoms with E-state index in [1.165, 1.54) is 6.07 Å². The SMILES string of the molecule is O=C(COCC1CC1)c1cc2snnc2c(F)c1Cc1ccc(I)cc1F. The molecule has 0 N–H and O–H groups in total. The molecule has 1 aromatic heterocycles. The lowest BCUT2D eigenvalue weighted by Crippen LogP contribution is -2.14. The van der Waals surface area contributed by atoms with Gasteiger partial charge in [0.2, 0.25) is 0 Å². The third kappa shape index (κ3) is 4.17. The molecule has 0 radical (unpaired) electrons. The maximum atomic E-state index is 15.1. The Balaban J connectivity index is 1.69. The summed E-state index contributed by atoms with van der Waals surface area (Å²) in [5.74, 6) is -0.834. The van der Waals surface area contributed by atoms with E-state index in [-0.39, 0.29) is 35.5 Å².